The van der Waals surface area contributed by atoms with E-state index in [1.54, 1.807) is 0 Å². The fourth-order valence-corrected chi connectivity index (χ4v) is 3.88. The Morgan fingerprint density at radius 2 is 1.68 bits per heavy atom. The summed E-state index contributed by atoms with van der Waals surface area (Å²) in [6.45, 7) is 0.661. The van der Waals surface area contributed by atoms with Crippen LogP contribution in [-0.2, 0) is 14.3 Å². The normalized spacial score (nSPS) is 24.8. The topological polar surface area (TPSA) is 187 Å². The number of phenols is 3. The molecule has 4 rings (SSSR count). The number of phenolic OH excluding ortho intramolecular Hbond substituents is 3. The minimum absolute atomic E-state index is 0.0113. The van der Waals surface area contributed by atoms with Crippen molar-refractivity contribution in [3.8, 4) is 28.6 Å². The lowest BCUT2D eigenvalue weighted by molar-refractivity contribution is -0.234. The Morgan fingerprint density at radius 1 is 1.00 bits per heavy atom. The summed E-state index contributed by atoms with van der Waals surface area (Å²) in [5, 5.41) is 61.5. The highest BCUT2D eigenvalue weighted by Gasteiger charge is 2.46. The molecule has 0 spiro atoms. The minimum Gasteiger partial charge on any atom is -0.508 e. The summed E-state index contributed by atoms with van der Waals surface area (Å²) in [5.74, 6) is -1.92. The molecule has 180 valence electrons. The van der Waals surface area contributed by atoms with Gasteiger partial charge in [0.15, 0.2) is 5.43 Å². The molecular weight excluding hydrogens is 452 g/mol. The maximum Gasteiger partial charge on any atom is 0.302 e. The number of aliphatic hydroxyl groups excluding tert-OH is 3. The molecule has 34 heavy (non-hydrogen) atoms. The van der Waals surface area contributed by atoms with Gasteiger partial charge in [0.1, 0.15) is 71.1 Å². The molecule has 11 heteroatoms. The average Bonchev–Trinajstić information content (AvgIpc) is 2.78. The maximum absolute atomic E-state index is 12.8. The Morgan fingerprint density at radius 3 is 2.32 bits per heavy atom. The van der Waals surface area contributed by atoms with Crippen LogP contribution in [0.15, 0.2) is 45.6 Å². The number of aliphatic hydroxyl groups is 3. The van der Waals surface area contributed by atoms with E-state index in [2.05, 4.69) is 0 Å². The van der Waals surface area contributed by atoms with E-state index in [0.717, 1.165) is 19.1 Å². The van der Waals surface area contributed by atoms with Crippen molar-refractivity contribution in [3.05, 3.63) is 52.2 Å². The highest BCUT2D eigenvalue weighted by atomic mass is 16.6. The van der Waals surface area contributed by atoms with Crippen LogP contribution in [0.1, 0.15) is 18.6 Å². The first-order chi connectivity index (χ1) is 16.1. The molecule has 11 nitrogen and oxygen atoms in total. The van der Waals surface area contributed by atoms with Crippen molar-refractivity contribution in [1.29, 1.82) is 0 Å². The summed E-state index contributed by atoms with van der Waals surface area (Å²) in [4.78, 5) is 24.0. The van der Waals surface area contributed by atoms with Gasteiger partial charge in [-0.05, 0) is 24.3 Å². The standard InChI is InChI=1S/C23H22O11/c1-9(24)32-8-16-19(28)21(30)22(31)23(34-16)18-13(27)7-15-17(20(18)29)12(26)6-14(33-15)10-2-4-11(25)5-3-10/h2-7,16,19,21-23,25,27-31H,8H2,1H3/t16-,19-,21+,22-,23+/m1/s1. The summed E-state index contributed by atoms with van der Waals surface area (Å²) < 4.78 is 16.0. The van der Waals surface area contributed by atoms with Gasteiger partial charge in [0.2, 0.25) is 0 Å². The lowest BCUT2D eigenvalue weighted by Gasteiger charge is -2.40. The van der Waals surface area contributed by atoms with Crippen LogP contribution in [0, 0.1) is 0 Å². The van der Waals surface area contributed by atoms with E-state index in [9.17, 15) is 40.2 Å². The van der Waals surface area contributed by atoms with Crippen molar-refractivity contribution in [2.75, 3.05) is 6.61 Å². The second kappa shape index (κ2) is 8.95. The SMILES string of the molecule is CC(=O)OC[C@H]1O[C@@H](c2c(O)cc3oc(-c4ccc(O)cc4)cc(=O)c3c2O)[C@H](O)[C@@H](O)[C@@H]1O. The number of ether oxygens (including phenoxy) is 2. The number of fused-ring (bicyclic) bond motifs is 1. The van der Waals surface area contributed by atoms with E-state index in [-0.39, 0.29) is 22.5 Å². The van der Waals surface area contributed by atoms with Crippen LogP contribution in [0.2, 0.25) is 0 Å². The van der Waals surface area contributed by atoms with Crippen molar-refractivity contribution < 1.29 is 49.3 Å². The fraction of sp³-hybridized carbons (Fsp3) is 0.304. The highest BCUT2D eigenvalue weighted by Crippen LogP contribution is 2.44. The van der Waals surface area contributed by atoms with E-state index < -0.39 is 65.6 Å². The first-order valence-corrected chi connectivity index (χ1v) is 10.2. The van der Waals surface area contributed by atoms with E-state index in [1.165, 1.54) is 24.3 Å². The number of hydrogen-bond acceptors (Lipinski definition) is 11. The molecule has 1 saturated heterocycles. The molecule has 1 aliphatic rings. The molecule has 2 heterocycles. The number of aromatic hydroxyl groups is 3. The monoisotopic (exact) mass is 474 g/mol. The van der Waals surface area contributed by atoms with E-state index >= 15 is 0 Å². The van der Waals surface area contributed by atoms with Crippen LogP contribution in [0.5, 0.6) is 17.2 Å². The molecule has 1 aromatic heterocycles. The Balaban J connectivity index is 1.79. The molecule has 0 aliphatic carbocycles. The summed E-state index contributed by atoms with van der Waals surface area (Å²) in [5.41, 5.74) is -0.804. The van der Waals surface area contributed by atoms with E-state index in [0.29, 0.717) is 5.56 Å². The average molecular weight is 474 g/mol. The summed E-state index contributed by atoms with van der Waals surface area (Å²) in [6, 6.07) is 7.96. The van der Waals surface area contributed by atoms with Gasteiger partial charge in [-0.2, -0.15) is 0 Å². The molecule has 0 bridgehead atoms. The molecule has 0 radical (unpaired) electrons. The molecule has 5 atom stereocenters. The zero-order valence-electron chi connectivity index (χ0n) is 17.8. The number of carbonyl (C=O) groups is 1. The number of carbonyl (C=O) groups excluding carboxylic acids is 1. The Hall–Kier alpha value is -3.64. The quantitative estimate of drug-likeness (QED) is 0.292. The molecule has 3 aromatic rings. The summed E-state index contributed by atoms with van der Waals surface area (Å²) >= 11 is 0. The van der Waals surface area contributed by atoms with Crippen molar-refractivity contribution in [2.45, 2.75) is 37.4 Å². The zero-order valence-corrected chi connectivity index (χ0v) is 17.8. The number of benzene rings is 2. The summed E-state index contributed by atoms with van der Waals surface area (Å²) in [7, 11) is 0. The van der Waals surface area contributed by atoms with Gasteiger partial charge in [-0.3, -0.25) is 9.59 Å². The van der Waals surface area contributed by atoms with Crippen LogP contribution in [0.4, 0.5) is 0 Å². The predicted octanol–water partition coefficient (Wildman–Crippen LogP) is 0.662. The third kappa shape index (κ3) is 4.17. The van der Waals surface area contributed by atoms with Gasteiger partial charge >= 0.3 is 5.97 Å². The van der Waals surface area contributed by atoms with Gasteiger partial charge < -0.3 is 44.5 Å². The molecule has 1 aliphatic heterocycles. The van der Waals surface area contributed by atoms with Gasteiger partial charge in [-0.25, -0.2) is 0 Å². The van der Waals surface area contributed by atoms with Gasteiger partial charge in [0.25, 0.3) is 0 Å². The molecule has 6 N–H and O–H groups in total. The number of esters is 1. The second-order valence-electron chi connectivity index (χ2n) is 7.92. The Kier molecular flexibility index (Phi) is 6.19. The lowest BCUT2D eigenvalue weighted by Crippen LogP contribution is -2.55. The Bertz CT molecular complexity index is 1280. The van der Waals surface area contributed by atoms with Crippen molar-refractivity contribution in [3.63, 3.8) is 0 Å². The van der Waals surface area contributed by atoms with Gasteiger partial charge in [-0.1, -0.05) is 0 Å². The molecule has 0 saturated carbocycles. The Labute approximate surface area is 191 Å². The van der Waals surface area contributed by atoms with E-state index in [1.807, 2.05) is 0 Å². The van der Waals surface area contributed by atoms with Crippen LogP contribution in [-0.4, -0.2) is 67.6 Å². The molecule has 0 unspecified atom stereocenters. The first kappa shape index (κ1) is 23.5. The third-order valence-electron chi connectivity index (χ3n) is 5.61. The van der Waals surface area contributed by atoms with Crippen LogP contribution >= 0.6 is 0 Å². The molecular formula is C23H22O11. The molecule has 0 amide bonds. The van der Waals surface area contributed by atoms with Crippen molar-refractivity contribution in [2.24, 2.45) is 0 Å². The maximum atomic E-state index is 12.8. The predicted molar refractivity (Wildman–Crippen MR) is 115 cm³/mol. The first-order valence-electron chi connectivity index (χ1n) is 10.2. The molecule has 1 fully saturated rings. The number of rotatable bonds is 4. The lowest BCUT2D eigenvalue weighted by atomic mass is 9.89. The van der Waals surface area contributed by atoms with Crippen molar-refractivity contribution in [1.82, 2.24) is 0 Å². The smallest absolute Gasteiger partial charge is 0.302 e. The highest BCUT2D eigenvalue weighted by molar-refractivity contribution is 5.88. The molecule has 2 aromatic carbocycles. The van der Waals surface area contributed by atoms with Gasteiger partial charge in [0, 0.05) is 24.6 Å². The summed E-state index contributed by atoms with van der Waals surface area (Å²) in [6.07, 6.45) is -8.09. The zero-order chi connectivity index (χ0) is 24.7. The van der Waals surface area contributed by atoms with Crippen molar-refractivity contribution >= 4 is 16.9 Å². The van der Waals surface area contributed by atoms with Crippen LogP contribution in [0.25, 0.3) is 22.3 Å². The second-order valence-corrected chi connectivity index (χ2v) is 7.92. The number of hydrogen-bond donors (Lipinski definition) is 6. The minimum atomic E-state index is -1.80. The van der Waals surface area contributed by atoms with Crippen LogP contribution in [0.3, 0.4) is 0 Å². The van der Waals surface area contributed by atoms with Gasteiger partial charge in [0.05, 0.1) is 5.56 Å². The fourth-order valence-electron chi connectivity index (χ4n) is 3.88. The van der Waals surface area contributed by atoms with Crippen LogP contribution < -0.4 is 5.43 Å². The van der Waals surface area contributed by atoms with Gasteiger partial charge in [-0.15, -0.1) is 0 Å². The van der Waals surface area contributed by atoms with E-state index in [4.69, 9.17) is 13.9 Å². The largest absolute Gasteiger partial charge is 0.508 e. The third-order valence-corrected chi connectivity index (χ3v) is 5.61.